The Kier molecular flexibility index (Phi) is 12.5. The molecule has 0 heterocycles. The maximum Gasteiger partial charge on any atom is 0.264 e. The van der Waals surface area contributed by atoms with Crippen LogP contribution in [0, 0.1) is 0 Å². The number of sulfonamides is 1. The first kappa shape index (κ1) is 34.8. The monoisotopic (exact) mass is 681 g/mol. The molecule has 0 saturated heterocycles. The van der Waals surface area contributed by atoms with E-state index in [4.69, 9.17) is 27.9 Å². The average Bonchev–Trinajstić information content (AvgIpc) is 3.07. The minimum atomic E-state index is -4.26. The van der Waals surface area contributed by atoms with Crippen LogP contribution in [-0.4, -0.2) is 51.4 Å². The molecule has 0 radical (unpaired) electrons. The maximum absolute atomic E-state index is 14.6. The van der Waals surface area contributed by atoms with Crippen molar-refractivity contribution in [3.05, 3.63) is 124 Å². The van der Waals surface area contributed by atoms with Gasteiger partial charge in [-0.1, -0.05) is 103 Å². The number of amides is 2. The van der Waals surface area contributed by atoms with E-state index in [0.717, 1.165) is 22.7 Å². The van der Waals surface area contributed by atoms with Crippen LogP contribution in [-0.2, 0) is 32.6 Å². The highest BCUT2D eigenvalue weighted by molar-refractivity contribution is 7.92. The van der Waals surface area contributed by atoms with E-state index in [0.29, 0.717) is 22.2 Å². The lowest BCUT2D eigenvalue weighted by molar-refractivity contribution is -0.140. The number of unbranched alkanes of at least 4 members (excludes halogenated alkanes) is 1. The number of rotatable bonds is 15. The number of carbonyl (C=O) groups excluding carboxylic acids is 2. The van der Waals surface area contributed by atoms with E-state index < -0.39 is 28.5 Å². The van der Waals surface area contributed by atoms with E-state index in [1.54, 1.807) is 60.7 Å². The zero-order valence-corrected chi connectivity index (χ0v) is 28.1. The van der Waals surface area contributed by atoms with Gasteiger partial charge in [0.15, 0.2) is 0 Å². The smallest absolute Gasteiger partial charge is 0.264 e. The summed E-state index contributed by atoms with van der Waals surface area (Å²) in [7, 11) is -2.82. The number of anilines is 1. The SMILES string of the molecule is CCCCNC(=O)[C@H](Cc1ccccc1)N(Cc1ccc(Cl)c(Cl)c1)C(=O)CN(c1ccccc1OC)S(=O)(=O)c1ccccc1. The molecule has 2 amide bonds. The molecule has 0 aliphatic rings. The molecule has 242 valence electrons. The molecule has 1 atom stereocenters. The summed E-state index contributed by atoms with van der Waals surface area (Å²) in [6, 6.07) is 27.8. The van der Waals surface area contributed by atoms with Gasteiger partial charge in [-0.25, -0.2) is 8.42 Å². The van der Waals surface area contributed by atoms with Crippen LogP contribution in [0.5, 0.6) is 5.75 Å². The fourth-order valence-corrected chi connectivity index (χ4v) is 6.73. The molecule has 0 spiro atoms. The van der Waals surface area contributed by atoms with E-state index in [9.17, 15) is 18.0 Å². The zero-order valence-electron chi connectivity index (χ0n) is 25.7. The van der Waals surface area contributed by atoms with Crippen LogP contribution < -0.4 is 14.4 Å². The molecule has 4 rings (SSSR count). The first-order valence-electron chi connectivity index (χ1n) is 14.9. The number of carbonyl (C=O) groups is 2. The van der Waals surface area contributed by atoms with Gasteiger partial charge < -0.3 is 15.0 Å². The van der Waals surface area contributed by atoms with Crippen LogP contribution in [0.4, 0.5) is 5.69 Å². The number of nitrogens with one attached hydrogen (secondary N) is 1. The second kappa shape index (κ2) is 16.5. The molecular formula is C35H37Cl2N3O5S. The van der Waals surface area contributed by atoms with Crippen molar-refractivity contribution in [1.29, 1.82) is 0 Å². The highest BCUT2D eigenvalue weighted by Gasteiger charge is 2.35. The van der Waals surface area contributed by atoms with Gasteiger partial charge in [-0.3, -0.25) is 13.9 Å². The number of benzene rings is 4. The number of nitrogens with zero attached hydrogens (tertiary/aromatic N) is 2. The molecule has 1 N–H and O–H groups in total. The van der Waals surface area contributed by atoms with Crippen molar-refractivity contribution in [2.75, 3.05) is 24.5 Å². The van der Waals surface area contributed by atoms with Crippen LogP contribution in [0.15, 0.2) is 108 Å². The number of halogens is 2. The van der Waals surface area contributed by atoms with Crippen LogP contribution in [0.3, 0.4) is 0 Å². The molecule has 0 bridgehead atoms. The predicted octanol–water partition coefficient (Wildman–Crippen LogP) is 6.75. The minimum Gasteiger partial charge on any atom is -0.495 e. The Morgan fingerprint density at radius 2 is 1.50 bits per heavy atom. The lowest BCUT2D eigenvalue weighted by Crippen LogP contribution is -2.53. The Hall–Kier alpha value is -4.05. The van der Waals surface area contributed by atoms with Crippen molar-refractivity contribution in [2.45, 2.75) is 43.7 Å². The van der Waals surface area contributed by atoms with E-state index in [1.807, 2.05) is 37.3 Å². The van der Waals surface area contributed by atoms with E-state index in [2.05, 4.69) is 5.32 Å². The fraction of sp³-hybridized carbons (Fsp3) is 0.257. The minimum absolute atomic E-state index is 0.00267. The summed E-state index contributed by atoms with van der Waals surface area (Å²) in [5, 5.41) is 3.61. The van der Waals surface area contributed by atoms with Gasteiger partial charge in [-0.15, -0.1) is 0 Å². The second-order valence-corrected chi connectivity index (χ2v) is 13.3. The quantitative estimate of drug-likeness (QED) is 0.140. The molecule has 0 saturated carbocycles. The third-order valence-corrected chi connectivity index (χ3v) is 9.91. The largest absolute Gasteiger partial charge is 0.495 e. The van der Waals surface area contributed by atoms with Crippen molar-refractivity contribution in [1.82, 2.24) is 10.2 Å². The third-order valence-electron chi connectivity index (χ3n) is 7.40. The van der Waals surface area contributed by atoms with Gasteiger partial charge in [0.2, 0.25) is 11.8 Å². The van der Waals surface area contributed by atoms with Gasteiger partial charge in [-0.2, -0.15) is 0 Å². The number of methoxy groups -OCH3 is 1. The van der Waals surface area contributed by atoms with Crippen LogP contribution >= 0.6 is 23.2 Å². The van der Waals surface area contributed by atoms with Crippen LogP contribution in [0.25, 0.3) is 0 Å². The van der Waals surface area contributed by atoms with Crippen molar-refractivity contribution in [3.63, 3.8) is 0 Å². The Labute approximate surface area is 280 Å². The Morgan fingerprint density at radius 1 is 0.848 bits per heavy atom. The molecule has 4 aromatic rings. The standard InChI is InChI=1S/C35H37Cl2N3O5S/c1-3-4-21-38-35(42)32(23-26-13-7-5-8-14-26)39(24-27-19-20-29(36)30(37)22-27)34(41)25-40(31-17-11-12-18-33(31)45-2)46(43,44)28-15-9-6-10-16-28/h5-20,22,32H,3-4,21,23-25H2,1-2H3,(H,38,42)/t32-/m0/s1. The summed E-state index contributed by atoms with van der Waals surface area (Å²) in [6.07, 6.45) is 1.84. The number of ether oxygens (including phenoxy) is 1. The summed E-state index contributed by atoms with van der Waals surface area (Å²) in [5.74, 6) is -0.674. The summed E-state index contributed by atoms with van der Waals surface area (Å²) >= 11 is 12.5. The van der Waals surface area contributed by atoms with Crippen molar-refractivity contribution in [3.8, 4) is 5.75 Å². The van der Waals surface area contributed by atoms with Crippen LogP contribution in [0.2, 0.25) is 10.0 Å². The Morgan fingerprint density at radius 3 is 2.15 bits per heavy atom. The lowest BCUT2D eigenvalue weighted by Gasteiger charge is -2.34. The van der Waals surface area contributed by atoms with Gasteiger partial charge in [0, 0.05) is 19.5 Å². The zero-order chi connectivity index (χ0) is 33.1. The molecule has 0 aliphatic heterocycles. The maximum atomic E-state index is 14.6. The molecule has 4 aromatic carbocycles. The molecule has 0 aromatic heterocycles. The first-order valence-corrected chi connectivity index (χ1v) is 17.1. The first-order chi connectivity index (χ1) is 22.1. The Balaban J connectivity index is 1.82. The topological polar surface area (TPSA) is 96.0 Å². The van der Waals surface area contributed by atoms with E-state index in [1.165, 1.54) is 24.1 Å². The van der Waals surface area contributed by atoms with Crippen molar-refractivity contribution >= 4 is 50.7 Å². The molecule has 8 nitrogen and oxygen atoms in total. The highest BCUT2D eigenvalue weighted by Crippen LogP contribution is 2.33. The molecule has 11 heteroatoms. The van der Waals surface area contributed by atoms with Crippen LogP contribution in [0.1, 0.15) is 30.9 Å². The second-order valence-electron chi connectivity index (χ2n) is 10.6. The fourth-order valence-electron chi connectivity index (χ4n) is 4.96. The average molecular weight is 683 g/mol. The van der Waals surface area contributed by atoms with Gasteiger partial charge in [0.25, 0.3) is 10.0 Å². The molecule has 0 aliphatic carbocycles. The normalized spacial score (nSPS) is 11.8. The molecule has 46 heavy (non-hydrogen) atoms. The summed E-state index contributed by atoms with van der Waals surface area (Å²) in [5.41, 5.74) is 1.64. The van der Waals surface area contributed by atoms with E-state index >= 15 is 0 Å². The van der Waals surface area contributed by atoms with Crippen molar-refractivity contribution < 1.29 is 22.7 Å². The summed E-state index contributed by atoms with van der Waals surface area (Å²) < 4.78 is 34.9. The van der Waals surface area contributed by atoms with Crippen molar-refractivity contribution in [2.24, 2.45) is 0 Å². The summed E-state index contributed by atoms with van der Waals surface area (Å²) in [4.78, 5) is 29.8. The van der Waals surface area contributed by atoms with E-state index in [-0.39, 0.29) is 35.2 Å². The third kappa shape index (κ3) is 8.81. The predicted molar refractivity (Wildman–Crippen MR) is 183 cm³/mol. The lowest BCUT2D eigenvalue weighted by atomic mass is 10.0. The number of para-hydroxylation sites is 2. The molecule has 0 unspecified atom stereocenters. The molecular weight excluding hydrogens is 645 g/mol. The Bertz CT molecular complexity index is 1720. The van der Waals surface area contributed by atoms with Gasteiger partial charge in [0.1, 0.15) is 18.3 Å². The number of hydrogen-bond acceptors (Lipinski definition) is 5. The molecule has 0 fully saturated rings. The van der Waals surface area contributed by atoms with Gasteiger partial charge in [0.05, 0.1) is 27.7 Å². The highest BCUT2D eigenvalue weighted by atomic mass is 35.5. The summed E-state index contributed by atoms with van der Waals surface area (Å²) in [6.45, 7) is 1.82. The van der Waals surface area contributed by atoms with Gasteiger partial charge in [-0.05, 0) is 53.9 Å². The van der Waals surface area contributed by atoms with Gasteiger partial charge >= 0.3 is 0 Å². The number of hydrogen-bond donors (Lipinski definition) is 1.